The molecule has 21 heavy (non-hydrogen) atoms. The first kappa shape index (κ1) is 13.7. The van der Waals surface area contributed by atoms with Crippen LogP contribution in [-0.4, -0.2) is 23.9 Å². The minimum atomic E-state index is 0.171. The van der Waals surface area contributed by atoms with E-state index in [0.29, 0.717) is 6.54 Å². The van der Waals surface area contributed by atoms with Crippen molar-refractivity contribution in [3.05, 3.63) is 66.2 Å². The fourth-order valence-electron chi connectivity index (χ4n) is 2.92. The molecule has 2 aromatic rings. The summed E-state index contributed by atoms with van der Waals surface area (Å²) in [5, 5.41) is 3.20. The summed E-state index contributed by atoms with van der Waals surface area (Å²) in [6.07, 6.45) is 2.14. The largest absolute Gasteiger partial charge is 0.376 e. The number of amides is 1. The van der Waals surface area contributed by atoms with E-state index in [2.05, 4.69) is 17.4 Å². The van der Waals surface area contributed by atoms with Gasteiger partial charge in [-0.15, -0.1) is 0 Å². The number of carbonyl (C=O) groups is 1. The number of hydrogen-bond acceptors (Lipinski definition) is 2. The SMILES string of the molecule is O=C(CNc1ccccc1)N1CCCC1c1ccccc1. The molecule has 3 rings (SSSR count). The molecule has 1 saturated heterocycles. The lowest BCUT2D eigenvalue weighted by Crippen LogP contribution is -2.35. The van der Waals surface area contributed by atoms with Gasteiger partial charge in [-0.2, -0.15) is 0 Å². The predicted octanol–water partition coefficient (Wildman–Crippen LogP) is 3.46. The average molecular weight is 280 g/mol. The van der Waals surface area contributed by atoms with Gasteiger partial charge in [0.1, 0.15) is 0 Å². The summed E-state index contributed by atoms with van der Waals surface area (Å²) < 4.78 is 0. The van der Waals surface area contributed by atoms with Crippen molar-refractivity contribution in [3.63, 3.8) is 0 Å². The highest BCUT2D eigenvalue weighted by Crippen LogP contribution is 2.31. The Bertz CT molecular complexity index is 583. The molecule has 1 N–H and O–H groups in total. The Hall–Kier alpha value is -2.29. The summed E-state index contributed by atoms with van der Waals surface area (Å²) in [6.45, 7) is 1.21. The molecule has 3 nitrogen and oxygen atoms in total. The third-order valence-corrected chi connectivity index (χ3v) is 3.98. The Morgan fingerprint density at radius 1 is 1.05 bits per heavy atom. The molecule has 3 heteroatoms. The van der Waals surface area contributed by atoms with Gasteiger partial charge in [0.15, 0.2) is 0 Å². The van der Waals surface area contributed by atoms with Gasteiger partial charge in [-0.05, 0) is 30.5 Å². The maximum absolute atomic E-state index is 12.5. The number of nitrogens with zero attached hydrogens (tertiary/aromatic N) is 1. The first-order valence-corrected chi connectivity index (χ1v) is 7.48. The summed E-state index contributed by atoms with van der Waals surface area (Å²) in [5.41, 5.74) is 2.23. The highest BCUT2D eigenvalue weighted by atomic mass is 16.2. The summed E-state index contributed by atoms with van der Waals surface area (Å²) >= 11 is 0. The van der Waals surface area contributed by atoms with Crippen LogP contribution in [0.25, 0.3) is 0 Å². The van der Waals surface area contributed by atoms with Crippen LogP contribution in [0.2, 0.25) is 0 Å². The molecule has 2 aromatic carbocycles. The molecule has 0 aromatic heterocycles. The maximum Gasteiger partial charge on any atom is 0.242 e. The van der Waals surface area contributed by atoms with Crippen LogP contribution in [0, 0.1) is 0 Å². The first-order valence-electron chi connectivity index (χ1n) is 7.48. The number of likely N-dealkylation sites (tertiary alicyclic amines) is 1. The van der Waals surface area contributed by atoms with Crippen molar-refractivity contribution in [2.24, 2.45) is 0 Å². The number of benzene rings is 2. The zero-order chi connectivity index (χ0) is 14.5. The van der Waals surface area contributed by atoms with Gasteiger partial charge in [0, 0.05) is 12.2 Å². The molecular weight excluding hydrogens is 260 g/mol. The zero-order valence-electron chi connectivity index (χ0n) is 12.0. The molecule has 0 radical (unpaired) electrons. The van der Waals surface area contributed by atoms with Gasteiger partial charge >= 0.3 is 0 Å². The molecular formula is C18H20N2O. The third kappa shape index (κ3) is 3.24. The highest BCUT2D eigenvalue weighted by molar-refractivity contribution is 5.81. The quantitative estimate of drug-likeness (QED) is 0.930. The van der Waals surface area contributed by atoms with Gasteiger partial charge in [-0.25, -0.2) is 0 Å². The van der Waals surface area contributed by atoms with Gasteiger partial charge in [0.25, 0.3) is 0 Å². The van der Waals surface area contributed by atoms with Crippen LogP contribution in [0.5, 0.6) is 0 Å². The molecule has 1 fully saturated rings. The van der Waals surface area contributed by atoms with Crippen LogP contribution >= 0.6 is 0 Å². The topological polar surface area (TPSA) is 32.3 Å². The van der Waals surface area contributed by atoms with E-state index >= 15 is 0 Å². The Morgan fingerprint density at radius 2 is 1.71 bits per heavy atom. The first-order chi connectivity index (χ1) is 10.3. The second-order valence-corrected chi connectivity index (χ2v) is 5.38. The van der Waals surface area contributed by atoms with Crippen LogP contribution in [0.4, 0.5) is 5.69 Å². The van der Waals surface area contributed by atoms with E-state index < -0.39 is 0 Å². The molecule has 1 aliphatic rings. The van der Waals surface area contributed by atoms with Crippen LogP contribution in [-0.2, 0) is 4.79 Å². The van der Waals surface area contributed by atoms with Gasteiger partial charge in [-0.1, -0.05) is 48.5 Å². The lowest BCUT2D eigenvalue weighted by molar-refractivity contribution is -0.130. The number of anilines is 1. The fraction of sp³-hybridized carbons (Fsp3) is 0.278. The maximum atomic E-state index is 12.5. The molecule has 1 aliphatic heterocycles. The number of carbonyl (C=O) groups excluding carboxylic acids is 1. The molecule has 1 amide bonds. The van der Waals surface area contributed by atoms with Gasteiger partial charge in [0.2, 0.25) is 5.91 Å². The molecule has 0 saturated carbocycles. The van der Waals surface area contributed by atoms with E-state index in [0.717, 1.165) is 25.1 Å². The van der Waals surface area contributed by atoms with Crippen molar-refractivity contribution in [3.8, 4) is 0 Å². The highest BCUT2D eigenvalue weighted by Gasteiger charge is 2.29. The number of rotatable bonds is 4. The molecule has 1 heterocycles. The monoisotopic (exact) mass is 280 g/mol. The molecule has 1 unspecified atom stereocenters. The van der Waals surface area contributed by atoms with Gasteiger partial charge < -0.3 is 10.2 Å². The van der Waals surface area contributed by atoms with Crippen LogP contribution in [0.15, 0.2) is 60.7 Å². The van der Waals surface area contributed by atoms with E-state index in [-0.39, 0.29) is 11.9 Å². The third-order valence-electron chi connectivity index (χ3n) is 3.98. The van der Waals surface area contributed by atoms with Crippen molar-refractivity contribution in [2.45, 2.75) is 18.9 Å². The molecule has 0 aliphatic carbocycles. The van der Waals surface area contributed by atoms with Crippen molar-refractivity contribution in [2.75, 3.05) is 18.4 Å². The van der Waals surface area contributed by atoms with E-state index in [1.807, 2.05) is 53.4 Å². The number of nitrogens with one attached hydrogen (secondary N) is 1. The molecule has 0 bridgehead atoms. The summed E-state index contributed by atoms with van der Waals surface area (Å²) in [4.78, 5) is 14.5. The van der Waals surface area contributed by atoms with Crippen molar-refractivity contribution < 1.29 is 4.79 Å². The van der Waals surface area contributed by atoms with Gasteiger partial charge in [0.05, 0.1) is 12.6 Å². The van der Waals surface area contributed by atoms with E-state index in [1.54, 1.807) is 0 Å². The number of hydrogen-bond donors (Lipinski definition) is 1. The fourth-order valence-corrected chi connectivity index (χ4v) is 2.92. The van der Waals surface area contributed by atoms with Crippen LogP contribution in [0.1, 0.15) is 24.4 Å². The molecule has 108 valence electrons. The van der Waals surface area contributed by atoms with E-state index in [1.165, 1.54) is 5.56 Å². The minimum absolute atomic E-state index is 0.171. The zero-order valence-corrected chi connectivity index (χ0v) is 12.0. The van der Waals surface area contributed by atoms with Crippen LogP contribution in [0.3, 0.4) is 0 Å². The van der Waals surface area contributed by atoms with Crippen LogP contribution < -0.4 is 5.32 Å². The van der Waals surface area contributed by atoms with E-state index in [4.69, 9.17) is 0 Å². The minimum Gasteiger partial charge on any atom is -0.376 e. The molecule has 1 atom stereocenters. The van der Waals surface area contributed by atoms with Gasteiger partial charge in [-0.3, -0.25) is 4.79 Å². The van der Waals surface area contributed by atoms with Crippen molar-refractivity contribution in [1.82, 2.24) is 4.90 Å². The van der Waals surface area contributed by atoms with Crippen molar-refractivity contribution >= 4 is 11.6 Å². The summed E-state index contributed by atoms with van der Waals surface area (Å²) in [5.74, 6) is 0.171. The van der Waals surface area contributed by atoms with E-state index in [9.17, 15) is 4.79 Å². The standard InChI is InChI=1S/C18H20N2O/c21-18(14-19-16-10-5-2-6-11-16)20-13-7-12-17(20)15-8-3-1-4-9-15/h1-6,8-11,17,19H,7,12-14H2. The Balaban J connectivity index is 1.64. The predicted molar refractivity (Wildman–Crippen MR) is 85.1 cm³/mol. The summed E-state index contributed by atoms with van der Waals surface area (Å²) in [6, 6.07) is 20.4. The second-order valence-electron chi connectivity index (χ2n) is 5.38. The lowest BCUT2D eigenvalue weighted by Gasteiger charge is -2.25. The Labute approximate surface area is 125 Å². The Kier molecular flexibility index (Phi) is 4.20. The van der Waals surface area contributed by atoms with Crippen molar-refractivity contribution in [1.29, 1.82) is 0 Å². The normalized spacial score (nSPS) is 17.7. The second kappa shape index (κ2) is 6.44. The average Bonchev–Trinajstić information content (AvgIpc) is 3.04. The number of para-hydroxylation sites is 1. The Morgan fingerprint density at radius 3 is 2.43 bits per heavy atom. The lowest BCUT2D eigenvalue weighted by atomic mass is 10.0. The smallest absolute Gasteiger partial charge is 0.242 e. The summed E-state index contributed by atoms with van der Waals surface area (Å²) in [7, 11) is 0. The molecule has 0 spiro atoms.